The van der Waals surface area contributed by atoms with Gasteiger partial charge in [0.2, 0.25) is 0 Å². The van der Waals surface area contributed by atoms with Crippen molar-refractivity contribution in [2.24, 2.45) is 0 Å². The molecule has 0 aliphatic heterocycles. The highest BCUT2D eigenvalue weighted by atomic mass is 14.2. The van der Waals surface area contributed by atoms with Gasteiger partial charge in [-0.15, -0.1) is 0 Å². The highest BCUT2D eigenvalue weighted by molar-refractivity contribution is 5.34. The largest absolute Gasteiger partial charge is 0.0810 e. The van der Waals surface area contributed by atoms with Crippen LogP contribution in [0.5, 0.6) is 0 Å². The zero-order valence-electron chi connectivity index (χ0n) is 6.40. The van der Waals surface area contributed by atoms with Crippen LogP contribution in [0.2, 0.25) is 0 Å². The monoisotopic (exact) mass is 134 g/mol. The van der Waals surface area contributed by atoms with E-state index in [4.69, 9.17) is 0 Å². The van der Waals surface area contributed by atoms with Crippen molar-refractivity contribution in [3.05, 3.63) is 23.3 Å². The molecule has 0 spiro atoms. The molecule has 0 aromatic heterocycles. The SMILES string of the molecule is C1=C(C2=CCCC2)CCC1. The first-order chi connectivity index (χ1) is 4.97. The molecule has 2 aliphatic carbocycles. The van der Waals surface area contributed by atoms with Gasteiger partial charge in [0.05, 0.1) is 0 Å². The lowest BCUT2D eigenvalue weighted by Gasteiger charge is -2.00. The van der Waals surface area contributed by atoms with Gasteiger partial charge in [0, 0.05) is 0 Å². The standard InChI is InChI=1S/C10H14/c1-2-6-9(5-1)10-7-3-4-8-10/h5,7H,1-4,6,8H2. The molecule has 54 valence electrons. The van der Waals surface area contributed by atoms with Crippen molar-refractivity contribution in [2.75, 3.05) is 0 Å². The number of allylic oxidation sites excluding steroid dienone is 4. The van der Waals surface area contributed by atoms with Gasteiger partial charge in [-0.1, -0.05) is 12.2 Å². The Morgan fingerprint density at radius 2 is 1.30 bits per heavy atom. The molecule has 0 fully saturated rings. The smallest absolute Gasteiger partial charge is 0.0276 e. The van der Waals surface area contributed by atoms with Crippen molar-refractivity contribution in [1.82, 2.24) is 0 Å². The van der Waals surface area contributed by atoms with Gasteiger partial charge in [-0.3, -0.25) is 0 Å². The zero-order valence-corrected chi connectivity index (χ0v) is 6.40. The Morgan fingerprint density at radius 1 is 0.800 bits per heavy atom. The summed E-state index contributed by atoms with van der Waals surface area (Å²) < 4.78 is 0. The molecular formula is C10H14. The Kier molecular flexibility index (Phi) is 1.62. The second kappa shape index (κ2) is 2.61. The van der Waals surface area contributed by atoms with Crippen LogP contribution in [-0.4, -0.2) is 0 Å². The third kappa shape index (κ3) is 1.03. The molecule has 0 heteroatoms. The Balaban J connectivity index is 2.10. The topological polar surface area (TPSA) is 0 Å². The summed E-state index contributed by atoms with van der Waals surface area (Å²) in [6.07, 6.45) is 13.0. The predicted molar refractivity (Wildman–Crippen MR) is 43.9 cm³/mol. The van der Waals surface area contributed by atoms with Crippen LogP contribution in [-0.2, 0) is 0 Å². The maximum absolute atomic E-state index is 2.43. The predicted octanol–water partition coefficient (Wildman–Crippen LogP) is 3.21. The summed E-state index contributed by atoms with van der Waals surface area (Å²) in [4.78, 5) is 0. The van der Waals surface area contributed by atoms with E-state index in [1.54, 1.807) is 11.1 Å². The molecule has 2 rings (SSSR count). The van der Waals surface area contributed by atoms with E-state index < -0.39 is 0 Å². The molecule has 0 aromatic rings. The van der Waals surface area contributed by atoms with Gasteiger partial charge in [0.1, 0.15) is 0 Å². The summed E-state index contributed by atoms with van der Waals surface area (Å²) in [6.45, 7) is 0. The van der Waals surface area contributed by atoms with E-state index >= 15 is 0 Å². The van der Waals surface area contributed by atoms with Crippen molar-refractivity contribution >= 4 is 0 Å². The maximum atomic E-state index is 2.43. The first-order valence-corrected chi connectivity index (χ1v) is 4.35. The Morgan fingerprint density at radius 3 is 1.60 bits per heavy atom. The third-order valence-corrected chi connectivity index (χ3v) is 2.49. The highest BCUT2D eigenvalue weighted by Crippen LogP contribution is 2.31. The normalized spacial score (nSPS) is 24.8. The van der Waals surface area contributed by atoms with Crippen LogP contribution in [0.4, 0.5) is 0 Å². The summed E-state index contributed by atoms with van der Waals surface area (Å²) in [5, 5.41) is 0. The third-order valence-electron chi connectivity index (χ3n) is 2.49. The summed E-state index contributed by atoms with van der Waals surface area (Å²) in [7, 11) is 0. The molecule has 0 saturated heterocycles. The van der Waals surface area contributed by atoms with Crippen LogP contribution in [0.15, 0.2) is 23.3 Å². The van der Waals surface area contributed by atoms with Gasteiger partial charge in [0.15, 0.2) is 0 Å². The fraction of sp³-hybridized carbons (Fsp3) is 0.600. The summed E-state index contributed by atoms with van der Waals surface area (Å²) in [6, 6.07) is 0. The van der Waals surface area contributed by atoms with Crippen molar-refractivity contribution in [3.8, 4) is 0 Å². The highest BCUT2D eigenvalue weighted by Gasteiger charge is 2.11. The van der Waals surface area contributed by atoms with Gasteiger partial charge in [-0.25, -0.2) is 0 Å². The average molecular weight is 134 g/mol. The first kappa shape index (κ1) is 6.21. The molecular weight excluding hydrogens is 120 g/mol. The molecule has 2 aliphatic rings. The van der Waals surface area contributed by atoms with Crippen molar-refractivity contribution in [1.29, 1.82) is 0 Å². The number of hydrogen-bond donors (Lipinski definition) is 0. The first-order valence-electron chi connectivity index (χ1n) is 4.35. The molecule has 0 unspecified atom stereocenters. The molecule has 0 N–H and O–H groups in total. The van der Waals surface area contributed by atoms with E-state index in [2.05, 4.69) is 12.2 Å². The average Bonchev–Trinajstić information content (AvgIpc) is 2.59. The Labute approximate surface area is 62.6 Å². The van der Waals surface area contributed by atoms with E-state index in [9.17, 15) is 0 Å². The molecule has 0 heterocycles. The summed E-state index contributed by atoms with van der Waals surface area (Å²) in [5.41, 5.74) is 3.33. The lowest BCUT2D eigenvalue weighted by molar-refractivity contribution is 0.879. The van der Waals surface area contributed by atoms with Crippen LogP contribution in [0.25, 0.3) is 0 Å². The van der Waals surface area contributed by atoms with Crippen LogP contribution in [0.3, 0.4) is 0 Å². The minimum Gasteiger partial charge on any atom is -0.0810 e. The van der Waals surface area contributed by atoms with E-state index in [1.807, 2.05) is 0 Å². The molecule has 0 nitrogen and oxygen atoms in total. The second-order valence-electron chi connectivity index (χ2n) is 3.24. The Bertz CT molecular complexity index is 162. The van der Waals surface area contributed by atoms with E-state index in [-0.39, 0.29) is 0 Å². The lowest BCUT2D eigenvalue weighted by atomic mass is 10.1. The fourth-order valence-electron chi connectivity index (χ4n) is 1.93. The van der Waals surface area contributed by atoms with Gasteiger partial charge < -0.3 is 0 Å². The molecule has 10 heavy (non-hydrogen) atoms. The van der Waals surface area contributed by atoms with Crippen LogP contribution in [0, 0.1) is 0 Å². The molecule has 0 aromatic carbocycles. The van der Waals surface area contributed by atoms with Gasteiger partial charge in [-0.2, -0.15) is 0 Å². The van der Waals surface area contributed by atoms with Crippen molar-refractivity contribution < 1.29 is 0 Å². The maximum Gasteiger partial charge on any atom is -0.0276 e. The van der Waals surface area contributed by atoms with Gasteiger partial charge in [0.25, 0.3) is 0 Å². The van der Waals surface area contributed by atoms with Crippen LogP contribution in [0.1, 0.15) is 38.5 Å². The quantitative estimate of drug-likeness (QED) is 0.516. The van der Waals surface area contributed by atoms with Crippen molar-refractivity contribution in [2.45, 2.75) is 38.5 Å². The number of rotatable bonds is 1. The van der Waals surface area contributed by atoms with Crippen LogP contribution >= 0.6 is 0 Å². The lowest BCUT2D eigenvalue weighted by Crippen LogP contribution is -1.80. The molecule has 0 atom stereocenters. The van der Waals surface area contributed by atoms with E-state index in [0.29, 0.717) is 0 Å². The fourth-order valence-corrected chi connectivity index (χ4v) is 1.93. The summed E-state index contributed by atoms with van der Waals surface area (Å²) in [5.74, 6) is 0. The zero-order chi connectivity index (χ0) is 6.81. The Hall–Kier alpha value is -0.520. The molecule has 0 bridgehead atoms. The molecule has 0 saturated carbocycles. The van der Waals surface area contributed by atoms with Crippen molar-refractivity contribution in [3.63, 3.8) is 0 Å². The minimum atomic E-state index is 1.33. The second-order valence-corrected chi connectivity index (χ2v) is 3.24. The van der Waals surface area contributed by atoms with Gasteiger partial charge in [-0.05, 0) is 49.7 Å². The van der Waals surface area contributed by atoms with E-state index in [0.717, 1.165) is 0 Å². The minimum absolute atomic E-state index is 1.33. The van der Waals surface area contributed by atoms with E-state index in [1.165, 1.54) is 38.5 Å². The van der Waals surface area contributed by atoms with Crippen LogP contribution < -0.4 is 0 Å². The summed E-state index contributed by atoms with van der Waals surface area (Å²) >= 11 is 0. The van der Waals surface area contributed by atoms with Gasteiger partial charge >= 0.3 is 0 Å². The number of hydrogen-bond acceptors (Lipinski definition) is 0. The molecule has 0 amide bonds. The molecule has 0 radical (unpaired) electrons.